The van der Waals surface area contributed by atoms with Crippen molar-refractivity contribution in [2.24, 2.45) is 5.92 Å². The average Bonchev–Trinajstić information content (AvgIpc) is 3.41. The first kappa shape index (κ1) is 22.5. The molecule has 5 heterocycles. The Labute approximate surface area is 210 Å². The number of aromatic nitrogens is 4. The van der Waals surface area contributed by atoms with E-state index in [0.717, 1.165) is 36.9 Å². The van der Waals surface area contributed by atoms with Crippen LogP contribution in [-0.2, 0) is 10.3 Å². The summed E-state index contributed by atoms with van der Waals surface area (Å²) in [5.41, 5.74) is 1.58. The molecule has 3 fully saturated rings. The van der Waals surface area contributed by atoms with Gasteiger partial charge in [-0.25, -0.2) is 9.97 Å². The number of imidazole rings is 1. The zero-order chi connectivity index (χ0) is 24.4. The predicted octanol–water partition coefficient (Wildman–Crippen LogP) is 2.55. The summed E-state index contributed by atoms with van der Waals surface area (Å²) in [6, 6.07) is 5.91. The van der Waals surface area contributed by atoms with Gasteiger partial charge in [-0.1, -0.05) is 17.7 Å². The third kappa shape index (κ3) is 3.81. The molecule has 2 aliphatic heterocycles. The van der Waals surface area contributed by atoms with Crippen molar-refractivity contribution < 1.29 is 4.79 Å². The molecule has 0 radical (unpaired) electrons. The largest absolute Gasteiger partial charge is 0.353 e. The van der Waals surface area contributed by atoms with E-state index < -0.39 is 5.54 Å². The topological polar surface area (TPSA) is 81.9 Å². The van der Waals surface area contributed by atoms with Crippen molar-refractivity contribution in [3.05, 3.63) is 47.5 Å². The molecular formula is C25H31ClN8O. The molecule has 0 atom stereocenters. The number of pyridine rings is 1. The third-order valence-corrected chi connectivity index (χ3v) is 8.23. The van der Waals surface area contributed by atoms with Crippen LogP contribution < -0.4 is 15.1 Å². The second-order valence-corrected chi connectivity index (χ2v) is 11.0. The fourth-order valence-electron chi connectivity index (χ4n) is 5.25. The van der Waals surface area contributed by atoms with E-state index in [2.05, 4.69) is 38.9 Å². The fourth-order valence-corrected chi connectivity index (χ4v) is 5.46. The maximum Gasteiger partial charge on any atom is 0.229 e. The van der Waals surface area contributed by atoms with Crippen molar-refractivity contribution in [3.8, 4) is 0 Å². The maximum atomic E-state index is 13.4. The molecule has 3 aliphatic rings. The number of carbonyl (C=O) groups excluding carboxylic acids is 1. The van der Waals surface area contributed by atoms with Crippen LogP contribution in [-0.4, -0.2) is 75.5 Å². The molecule has 10 heteroatoms. The number of carbonyl (C=O) groups is 1. The highest BCUT2D eigenvalue weighted by molar-refractivity contribution is 6.32. The van der Waals surface area contributed by atoms with Gasteiger partial charge in [0.15, 0.2) is 5.82 Å². The van der Waals surface area contributed by atoms with Gasteiger partial charge in [0.1, 0.15) is 10.7 Å². The number of amides is 1. The molecule has 3 aromatic heterocycles. The summed E-state index contributed by atoms with van der Waals surface area (Å²) in [6.07, 6.45) is 7.95. The van der Waals surface area contributed by atoms with Gasteiger partial charge in [0.2, 0.25) is 11.9 Å². The molecular weight excluding hydrogens is 464 g/mol. The number of halogens is 1. The van der Waals surface area contributed by atoms with E-state index in [1.54, 1.807) is 6.20 Å². The standard InChI is InChI=1S/C25H31ClN8O/c1-24(2,19-13-27-20-6-4-5-10-34(19)20)31(3)22(35)17-14-33(15-17)21-18(26)12-28-23(30-21)32-11-9-29-25(16-32)7-8-25/h4-6,10,12-13,17,29H,7-9,11,14-16H2,1-3H3. The smallest absolute Gasteiger partial charge is 0.229 e. The number of nitrogens with zero attached hydrogens (tertiary/aromatic N) is 7. The normalized spacial score (nSPS) is 19.8. The second kappa shape index (κ2) is 8.06. The van der Waals surface area contributed by atoms with E-state index >= 15 is 0 Å². The lowest BCUT2D eigenvalue weighted by Gasteiger charge is -2.44. The van der Waals surface area contributed by atoms with Gasteiger partial charge in [-0.05, 0) is 38.8 Å². The minimum atomic E-state index is -0.515. The van der Waals surface area contributed by atoms with Crippen molar-refractivity contribution in [1.29, 1.82) is 0 Å². The van der Waals surface area contributed by atoms with E-state index in [1.165, 1.54) is 12.8 Å². The summed E-state index contributed by atoms with van der Waals surface area (Å²) in [5.74, 6) is 1.44. The number of anilines is 2. The highest BCUT2D eigenvalue weighted by Crippen LogP contribution is 2.39. The number of piperazine rings is 1. The SMILES string of the molecule is CN(C(=O)C1CN(c2nc(N3CCNC4(CC4)C3)ncc2Cl)C1)C(C)(C)c1cnc2ccccn12. The van der Waals surface area contributed by atoms with Crippen LogP contribution in [0.1, 0.15) is 32.4 Å². The van der Waals surface area contributed by atoms with Crippen LogP contribution >= 0.6 is 11.6 Å². The van der Waals surface area contributed by atoms with E-state index in [9.17, 15) is 4.79 Å². The summed E-state index contributed by atoms with van der Waals surface area (Å²) in [4.78, 5) is 33.5. The van der Waals surface area contributed by atoms with Crippen LogP contribution in [0.5, 0.6) is 0 Å². The molecule has 3 aromatic rings. The third-order valence-electron chi connectivity index (χ3n) is 7.97. The number of hydrogen-bond acceptors (Lipinski definition) is 7. The Hall–Kier alpha value is -2.91. The zero-order valence-corrected chi connectivity index (χ0v) is 21.2. The number of rotatable bonds is 5. The summed E-state index contributed by atoms with van der Waals surface area (Å²) in [5, 5.41) is 4.14. The molecule has 1 saturated carbocycles. The van der Waals surface area contributed by atoms with Crippen LogP contribution in [0.2, 0.25) is 5.02 Å². The predicted molar refractivity (Wildman–Crippen MR) is 136 cm³/mol. The second-order valence-electron chi connectivity index (χ2n) is 10.6. The Morgan fingerprint density at radius 3 is 2.77 bits per heavy atom. The molecule has 0 bridgehead atoms. The lowest BCUT2D eigenvalue weighted by Crippen LogP contribution is -2.57. The number of fused-ring (bicyclic) bond motifs is 1. The van der Waals surface area contributed by atoms with Gasteiger partial charge in [-0.3, -0.25) is 4.79 Å². The van der Waals surface area contributed by atoms with E-state index in [4.69, 9.17) is 16.6 Å². The quantitative estimate of drug-likeness (QED) is 0.583. The molecule has 1 amide bonds. The summed E-state index contributed by atoms with van der Waals surface area (Å²) >= 11 is 6.49. The molecule has 35 heavy (non-hydrogen) atoms. The first-order valence-corrected chi connectivity index (χ1v) is 12.6. The van der Waals surface area contributed by atoms with E-state index in [0.29, 0.717) is 23.9 Å². The van der Waals surface area contributed by atoms with Gasteiger partial charge >= 0.3 is 0 Å². The monoisotopic (exact) mass is 494 g/mol. The molecule has 9 nitrogen and oxygen atoms in total. The lowest BCUT2D eigenvalue weighted by molar-refractivity contribution is -0.140. The first-order chi connectivity index (χ1) is 16.8. The molecule has 1 spiro atoms. The summed E-state index contributed by atoms with van der Waals surface area (Å²) in [6.45, 7) is 8.06. The van der Waals surface area contributed by atoms with Crippen molar-refractivity contribution in [3.63, 3.8) is 0 Å². The Balaban J connectivity index is 1.15. The molecule has 184 valence electrons. The maximum absolute atomic E-state index is 13.4. The van der Waals surface area contributed by atoms with Crippen LogP contribution in [0, 0.1) is 5.92 Å². The molecule has 6 rings (SSSR count). The van der Waals surface area contributed by atoms with Crippen molar-refractivity contribution in [1.82, 2.24) is 29.6 Å². The van der Waals surface area contributed by atoms with Crippen LogP contribution in [0.4, 0.5) is 11.8 Å². The Morgan fingerprint density at radius 1 is 1.20 bits per heavy atom. The average molecular weight is 495 g/mol. The highest BCUT2D eigenvalue weighted by atomic mass is 35.5. The van der Waals surface area contributed by atoms with E-state index in [1.807, 2.05) is 46.9 Å². The Bertz CT molecular complexity index is 1280. The van der Waals surface area contributed by atoms with E-state index in [-0.39, 0.29) is 17.4 Å². The minimum Gasteiger partial charge on any atom is -0.353 e. The first-order valence-electron chi connectivity index (χ1n) is 12.3. The van der Waals surface area contributed by atoms with Gasteiger partial charge in [0.25, 0.3) is 0 Å². The summed E-state index contributed by atoms with van der Waals surface area (Å²) < 4.78 is 2.04. The fraction of sp³-hybridized carbons (Fsp3) is 0.520. The van der Waals surface area contributed by atoms with Crippen molar-refractivity contribution >= 4 is 34.9 Å². The van der Waals surface area contributed by atoms with Gasteiger partial charge in [-0.2, -0.15) is 4.98 Å². The van der Waals surface area contributed by atoms with Gasteiger partial charge < -0.3 is 24.4 Å². The number of nitrogens with one attached hydrogen (secondary N) is 1. The molecule has 0 unspecified atom stereocenters. The van der Waals surface area contributed by atoms with Crippen LogP contribution in [0.3, 0.4) is 0 Å². The van der Waals surface area contributed by atoms with Crippen LogP contribution in [0.25, 0.3) is 5.65 Å². The van der Waals surface area contributed by atoms with Crippen LogP contribution in [0.15, 0.2) is 36.8 Å². The molecule has 0 aromatic carbocycles. The van der Waals surface area contributed by atoms with Gasteiger partial charge in [0, 0.05) is 51.5 Å². The Kier molecular flexibility index (Phi) is 5.19. The molecule has 1 N–H and O–H groups in total. The molecule has 1 aliphatic carbocycles. The summed E-state index contributed by atoms with van der Waals surface area (Å²) in [7, 11) is 1.88. The highest BCUT2D eigenvalue weighted by Gasteiger charge is 2.46. The van der Waals surface area contributed by atoms with Gasteiger partial charge in [-0.15, -0.1) is 0 Å². The van der Waals surface area contributed by atoms with Crippen molar-refractivity contribution in [2.45, 2.75) is 37.8 Å². The Morgan fingerprint density at radius 2 is 2.00 bits per heavy atom. The molecule has 2 saturated heterocycles. The number of hydrogen-bond donors (Lipinski definition) is 1. The van der Waals surface area contributed by atoms with Crippen molar-refractivity contribution in [2.75, 3.05) is 49.6 Å². The lowest BCUT2D eigenvalue weighted by atomic mass is 9.93. The zero-order valence-electron chi connectivity index (χ0n) is 20.4. The van der Waals surface area contributed by atoms with Gasteiger partial charge in [0.05, 0.1) is 29.5 Å². The minimum absolute atomic E-state index is 0.109.